The van der Waals surface area contributed by atoms with E-state index in [1.807, 2.05) is 24.3 Å². The summed E-state index contributed by atoms with van der Waals surface area (Å²) >= 11 is 0. The van der Waals surface area contributed by atoms with Crippen molar-refractivity contribution in [2.45, 2.75) is 38.8 Å². The highest BCUT2D eigenvalue weighted by molar-refractivity contribution is 5.93. The lowest BCUT2D eigenvalue weighted by atomic mass is 10.1. The molecule has 1 amide bonds. The Kier molecular flexibility index (Phi) is 5.46. The summed E-state index contributed by atoms with van der Waals surface area (Å²) in [5.41, 5.74) is 5.65. The Balaban J connectivity index is 1.20. The maximum atomic E-state index is 12.6. The van der Waals surface area contributed by atoms with Crippen molar-refractivity contribution in [1.82, 2.24) is 25.3 Å². The molecule has 3 heterocycles. The average Bonchev–Trinajstić information content (AvgIpc) is 3.36. The molecular formula is C23H27N5O3. The fourth-order valence-corrected chi connectivity index (χ4v) is 4.01. The molecule has 1 aromatic carbocycles. The summed E-state index contributed by atoms with van der Waals surface area (Å²) in [7, 11) is 1.63. The number of rotatable bonds is 8. The number of aromatic amines is 1. The number of hydrogen-bond donors (Lipinski definition) is 2. The Morgan fingerprint density at radius 2 is 2.16 bits per heavy atom. The molecule has 0 unspecified atom stereocenters. The number of aromatic nitrogens is 4. The molecule has 0 radical (unpaired) electrons. The Morgan fingerprint density at radius 3 is 2.94 bits per heavy atom. The van der Waals surface area contributed by atoms with Crippen molar-refractivity contribution >= 4 is 5.91 Å². The van der Waals surface area contributed by atoms with Crippen LogP contribution in [0.1, 0.15) is 40.3 Å². The normalized spacial score (nSPS) is 15.5. The number of H-pyrrole nitrogens is 1. The van der Waals surface area contributed by atoms with Gasteiger partial charge < -0.3 is 14.8 Å². The molecule has 0 saturated heterocycles. The topological polar surface area (TPSA) is 94.1 Å². The smallest absolute Gasteiger partial charge is 0.269 e. The Morgan fingerprint density at radius 1 is 1.32 bits per heavy atom. The first kappa shape index (κ1) is 19.8. The molecule has 8 nitrogen and oxygen atoms in total. The molecule has 2 N–H and O–H groups in total. The van der Waals surface area contributed by atoms with E-state index in [-0.39, 0.29) is 5.91 Å². The van der Waals surface area contributed by atoms with Crippen LogP contribution in [0.4, 0.5) is 0 Å². The molecule has 1 aliphatic heterocycles. The third-order valence-electron chi connectivity index (χ3n) is 5.96. The predicted molar refractivity (Wildman–Crippen MR) is 115 cm³/mol. The zero-order valence-electron chi connectivity index (χ0n) is 17.7. The van der Waals surface area contributed by atoms with Crippen LogP contribution in [-0.4, -0.2) is 46.1 Å². The van der Waals surface area contributed by atoms with E-state index in [2.05, 4.69) is 20.2 Å². The van der Waals surface area contributed by atoms with Gasteiger partial charge in [0.15, 0.2) is 0 Å². The van der Waals surface area contributed by atoms with Gasteiger partial charge in [-0.3, -0.25) is 14.6 Å². The van der Waals surface area contributed by atoms with Crippen LogP contribution < -0.4 is 10.1 Å². The van der Waals surface area contributed by atoms with E-state index in [4.69, 9.17) is 14.6 Å². The van der Waals surface area contributed by atoms with Gasteiger partial charge in [0.25, 0.3) is 5.91 Å². The summed E-state index contributed by atoms with van der Waals surface area (Å²) in [4.78, 5) is 12.6. The minimum absolute atomic E-state index is 0.171. The van der Waals surface area contributed by atoms with Crippen molar-refractivity contribution in [1.29, 1.82) is 0 Å². The molecule has 2 aromatic heterocycles. The molecule has 5 rings (SSSR count). The Labute approximate surface area is 180 Å². The van der Waals surface area contributed by atoms with Gasteiger partial charge in [0, 0.05) is 42.8 Å². The van der Waals surface area contributed by atoms with Crippen LogP contribution in [0, 0.1) is 5.92 Å². The Bertz CT molecular complexity index is 1070. The summed E-state index contributed by atoms with van der Waals surface area (Å²) in [6.07, 6.45) is 4.22. The highest BCUT2D eigenvalue weighted by Gasteiger charge is 2.27. The Hall–Kier alpha value is -3.13. The highest BCUT2D eigenvalue weighted by atomic mass is 16.5. The van der Waals surface area contributed by atoms with Crippen LogP contribution >= 0.6 is 0 Å². The predicted octanol–water partition coefficient (Wildman–Crippen LogP) is 2.74. The van der Waals surface area contributed by atoms with Crippen LogP contribution in [0.15, 0.2) is 30.3 Å². The van der Waals surface area contributed by atoms with E-state index >= 15 is 0 Å². The summed E-state index contributed by atoms with van der Waals surface area (Å²) in [6, 6.07) is 9.34. The van der Waals surface area contributed by atoms with E-state index < -0.39 is 0 Å². The van der Waals surface area contributed by atoms with Gasteiger partial charge in [-0.1, -0.05) is 0 Å². The fourth-order valence-electron chi connectivity index (χ4n) is 4.01. The van der Waals surface area contributed by atoms with Crippen LogP contribution in [-0.2, 0) is 30.7 Å². The minimum atomic E-state index is -0.171. The zero-order valence-corrected chi connectivity index (χ0v) is 17.7. The largest absolute Gasteiger partial charge is 0.497 e. The van der Waals surface area contributed by atoms with Crippen molar-refractivity contribution in [2.75, 3.05) is 20.3 Å². The second-order valence-electron chi connectivity index (χ2n) is 8.20. The summed E-state index contributed by atoms with van der Waals surface area (Å²) in [5.74, 6) is 1.39. The van der Waals surface area contributed by atoms with E-state index in [0.29, 0.717) is 25.3 Å². The number of hydrogen-bond acceptors (Lipinski definition) is 5. The molecule has 2 aliphatic rings. The summed E-state index contributed by atoms with van der Waals surface area (Å²) in [6.45, 7) is 2.91. The van der Waals surface area contributed by atoms with Crippen molar-refractivity contribution in [3.8, 4) is 17.0 Å². The van der Waals surface area contributed by atoms with Crippen LogP contribution in [0.25, 0.3) is 11.3 Å². The first-order valence-corrected chi connectivity index (χ1v) is 10.8. The van der Waals surface area contributed by atoms with E-state index in [9.17, 15) is 4.79 Å². The summed E-state index contributed by atoms with van der Waals surface area (Å²) in [5, 5.41) is 14.9. The second-order valence-corrected chi connectivity index (χ2v) is 8.20. The van der Waals surface area contributed by atoms with Gasteiger partial charge in [-0.2, -0.15) is 10.2 Å². The summed E-state index contributed by atoms with van der Waals surface area (Å²) < 4.78 is 13.0. The number of nitrogens with zero attached hydrogens (tertiary/aromatic N) is 3. The van der Waals surface area contributed by atoms with Gasteiger partial charge >= 0.3 is 0 Å². The van der Waals surface area contributed by atoms with Crippen molar-refractivity contribution < 1.29 is 14.3 Å². The number of carbonyl (C=O) groups is 1. The molecule has 0 spiro atoms. The minimum Gasteiger partial charge on any atom is -0.497 e. The van der Waals surface area contributed by atoms with Gasteiger partial charge in [-0.25, -0.2) is 0 Å². The molecule has 3 aromatic rings. The molecule has 162 valence electrons. The molecule has 8 heteroatoms. The van der Waals surface area contributed by atoms with Gasteiger partial charge in [-0.05, 0) is 49.1 Å². The monoisotopic (exact) mass is 421 g/mol. The van der Waals surface area contributed by atoms with Crippen LogP contribution in [0.5, 0.6) is 5.75 Å². The molecule has 1 fully saturated rings. The maximum Gasteiger partial charge on any atom is 0.269 e. The van der Waals surface area contributed by atoms with Crippen LogP contribution in [0.2, 0.25) is 0 Å². The molecule has 0 bridgehead atoms. The average molecular weight is 422 g/mol. The van der Waals surface area contributed by atoms with Crippen molar-refractivity contribution in [3.63, 3.8) is 0 Å². The SMILES string of the molecule is COc1ccc(-c2cc(C(=O)NCCc3nn(CC4CC4)c4c3COCC4)[nH]n2)cc1. The number of fused-ring (bicyclic) bond motifs is 1. The number of ether oxygens (including phenoxy) is 2. The third kappa shape index (κ3) is 4.34. The lowest BCUT2D eigenvalue weighted by Gasteiger charge is -2.15. The highest BCUT2D eigenvalue weighted by Crippen LogP contribution is 2.32. The van der Waals surface area contributed by atoms with Gasteiger partial charge in [0.2, 0.25) is 0 Å². The van der Waals surface area contributed by atoms with E-state index in [1.54, 1.807) is 13.2 Å². The van der Waals surface area contributed by atoms with Gasteiger partial charge in [-0.15, -0.1) is 0 Å². The number of methoxy groups -OCH3 is 1. The number of nitrogens with one attached hydrogen (secondary N) is 2. The number of carbonyl (C=O) groups excluding carboxylic acids is 1. The first-order valence-electron chi connectivity index (χ1n) is 10.8. The van der Waals surface area contributed by atoms with Crippen LogP contribution in [0.3, 0.4) is 0 Å². The molecular weight excluding hydrogens is 394 g/mol. The number of benzene rings is 1. The second kappa shape index (κ2) is 8.55. The molecule has 0 atom stereocenters. The van der Waals surface area contributed by atoms with Crippen molar-refractivity contribution in [3.05, 3.63) is 53.0 Å². The van der Waals surface area contributed by atoms with Gasteiger partial charge in [0.1, 0.15) is 11.4 Å². The zero-order chi connectivity index (χ0) is 21.2. The lowest BCUT2D eigenvalue weighted by Crippen LogP contribution is -2.26. The maximum absolute atomic E-state index is 12.6. The standard InChI is InChI=1S/C23H27N5O3/c1-30-17-6-4-16(5-7-17)20-12-21(26-25-20)23(29)24-10-8-19-18-14-31-11-9-22(18)28(27-19)13-15-2-3-15/h4-7,12,15H,2-3,8-11,13-14H2,1H3,(H,24,29)(H,25,26). The molecule has 1 saturated carbocycles. The van der Waals surface area contributed by atoms with Crippen molar-refractivity contribution in [2.24, 2.45) is 5.92 Å². The van der Waals surface area contributed by atoms with E-state index in [0.717, 1.165) is 48.2 Å². The van der Waals surface area contributed by atoms with E-state index in [1.165, 1.54) is 24.1 Å². The first-order chi connectivity index (χ1) is 15.2. The number of amides is 1. The third-order valence-corrected chi connectivity index (χ3v) is 5.96. The fraction of sp³-hybridized carbons (Fsp3) is 0.435. The molecule has 31 heavy (non-hydrogen) atoms. The molecule has 1 aliphatic carbocycles. The lowest BCUT2D eigenvalue weighted by molar-refractivity contribution is 0.0949. The van der Waals surface area contributed by atoms with Gasteiger partial charge in [0.05, 0.1) is 31.7 Å². The quantitative estimate of drug-likeness (QED) is 0.583.